The van der Waals surface area contributed by atoms with Crippen LogP contribution in [-0.4, -0.2) is 5.78 Å². The van der Waals surface area contributed by atoms with Crippen molar-refractivity contribution in [1.82, 2.24) is 0 Å². The van der Waals surface area contributed by atoms with Crippen molar-refractivity contribution in [3.8, 4) is 0 Å². The quantitative estimate of drug-likeness (QED) is 0.584. The fourth-order valence-corrected chi connectivity index (χ4v) is 7.28. The molecule has 1 nitrogen and oxygen atoms in total. The van der Waals surface area contributed by atoms with Crippen LogP contribution in [0.4, 0.5) is 0 Å². The minimum atomic E-state index is 0.555. The smallest absolute Gasteiger partial charge is 0.133 e. The summed E-state index contributed by atoms with van der Waals surface area (Å²) in [6.07, 6.45) is 19.4. The molecule has 0 bridgehead atoms. The highest BCUT2D eigenvalue weighted by Crippen LogP contribution is 2.51. The highest BCUT2D eigenvalue weighted by atomic mass is 16.1. The molecule has 0 saturated heterocycles. The molecule has 4 aliphatic carbocycles. The van der Waals surface area contributed by atoms with E-state index in [1.807, 2.05) is 0 Å². The average molecular weight is 331 g/mol. The Kier molecular flexibility index (Phi) is 5.35. The van der Waals surface area contributed by atoms with Crippen LogP contribution in [0.1, 0.15) is 96.8 Å². The Morgan fingerprint density at radius 3 is 1.92 bits per heavy atom. The molecule has 7 unspecified atom stereocenters. The van der Waals surface area contributed by atoms with E-state index < -0.39 is 0 Å². The molecule has 0 aromatic carbocycles. The number of carbonyl (C=O) groups excluding carboxylic acids is 1. The second-order valence-corrected chi connectivity index (χ2v) is 9.94. The standard InChI is InChI=1S/C23H38O/c1-2-3-16-4-5-18-13-19(7-6-17(18)12-16)20-8-9-22-15-23(24)11-10-21(22)14-20/h16-22H,2-15H2,1H3. The number of rotatable bonds is 3. The number of fused-ring (bicyclic) bond motifs is 2. The molecule has 4 aliphatic rings. The van der Waals surface area contributed by atoms with Crippen LogP contribution in [0.25, 0.3) is 0 Å². The van der Waals surface area contributed by atoms with Gasteiger partial charge in [0, 0.05) is 12.8 Å². The van der Waals surface area contributed by atoms with Crippen LogP contribution in [0.2, 0.25) is 0 Å². The summed E-state index contributed by atoms with van der Waals surface area (Å²) in [7, 11) is 0. The fraction of sp³-hybridized carbons (Fsp3) is 0.957. The molecule has 0 spiro atoms. The monoisotopic (exact) mass is 330 g/mol. The van der Waals surface area contributed by atoms with E-state index in [9.17, 15) is 4.79 Å². The summed E-state index contributed by atoms with van der Waals surface area (Å²) in [5, 5.41) is 0. The van der Waals surface area contributed by atoms with Gasteiger partial charge in [-0.25, -0.2) is 0 Å². The maximum absolute atomic E-state index is 11.7. The Balaban J connectivity index is 1.30. The zero-order valence-corrected chi connectivity index (χ0v) is 15.8. The summed E-state index contributed by atoms with van der Waals surface area (Å²) in [5.41, 5.74) is 0. The van der Waals surface area contributed by atoms with Gasteiger partial charge in [-0.05, 0) is 99.2 Å². The summed E-state index contributed by atoms with van der Waals surface area (Å²) in [5.74, 6) is 7.48. The number of ketones is 1. The predicted octanol–water partition coefficient (Wildman–Crippen LogP) is 6.40. The topological polar surface area (TPSA) is 17.1 Å². The van der Waals surface area contributed by atoms with Crippen molar-refractivity contribution in [2.75, 3.05) is 0 Å². The van der Waals surface area contributed by atoms with Gasteiger partial charge < -0.3 is 0 Å². The summed E-state index contributed by atoms with van der Waals surface area (Å²) in [6, 6.07) is 0. The van der Waals surface area contributed by atoms with Crippen LogP contribution in [-0.2, 0) is 4.79 Å². The Morgan fingerprint density at radius 2 is 1.25 bits per heavy atom. The average Bonchev–Trinajstić information content (AvgIpc) is 2.61. The highest BCUT2D eigenvalue weighted by molar-refractivity contribution is 5.79. The van der Waals surface area contributed by atoms with Gasteiger partial charge in [-0.1, -0.05) is 26.2 Å². The molecule has 4 rings (SSSR count). The Bertz CT molecular complexity index is 441. The zero-order valence-electron chi connectivity index (χ0n) is 15.8. The zero-order chi connectivity index (χ0) is 16.5. The van der Waals surface area contributed by atoms with Crippen LogP contribution in [0, 0.1) is 41.4 Å². The van der Waals surface area contributed by atoms with Crippen LogP contribution >= 0.6 is 0 Å². The van der Waals surface area contributed by atoms with E-state index >= 15 is 0 Å². The maximum Gasteiger partial charge on any atom is 0.133 e. The lowest BCUT2D eigenvalue weighted by atomic mass is 9.58. The lowest BCUT2D eigenvalue weighted by molar-refractivity contribution is -0.123. The molecular weight excluding hydrogens is 292 g/mol. The van der Waals surface area contributed by atoms with E-state index in [4.69, 9.17) is 0 Å². The van der Waals surface area contributed by atoms with Crippen molar-refractivity contribution >= 4 is 5.78 Å². The van der Waals surface area contributed by atoms with Gasteiger partial charge in [-0.3, -0.25) is 4.79 Å². The van der Waals surface area contributed by atoms with Gasteiger partial charge in [0.15, 0.2) is 0 Å². The van der Waals surface area contributed by atoms with E-state index in [0.717, 1.165) is 54.3 Å². The van der Waals surface area contributed by atoms with Gasteiger partial charge in [0.1, 0.15) is 5.78 Å². The largest absolute Gasteiger partial charge is 0.300 e. The molecular formula is C23H38O. The highest BCUT2D eigenvalue weighted by Gasteiger charge is 2.41. The van der Waals surface area contributed by atoms with Crippen molar-refractivity contribution in [1.29, 1.82) is 0 Å². The third-order valence-electron chi connectivity index (χ3n) is 8.59. The molecule has 0 aliphatic heterocycles. The van der Waals surface area contributed by atoms with Crippen LogP contribution in [0.15, 0.2) is 0 Å². The van der Waals surface area contributed by atoms with E-state index in [-0.39, 0.29) is 0 Å². The minimum absolute atomic E-state index is 0.555. The summed E-state index contributed by atoms with van der Waals surface area (Å²) in [6.45, 7) is 2.36. The Hall–Kier alpha value is -0.330. The van der Waals surface area contributed by atoms with Crippen molar-refractivity contribution in [3.05, 3.63) is 0 Å². The van der Waals surface area contributed by atoms with Gasteiger partial charge in [0.25, 0.3) is 0 Å². The molecule has 0 N–H and O–H groups in total. The van der Waals surface area contributed by atoms with Gasteiger partial charge in [-0.2, -0.15) is 0 Å². The Labute approximate surface area is 149 Å². The molecule has 0 heterocycles. The number of hydrogen-bond acceptors (Lipinski definition) is 1. The van der Waals surface area contributed by atoms with Gasteiger partial charge in [0.2, 0.25) is 0 Å². The van der Waals surface area contributed by atoms with Gasteiger partial charge in [-0.15, -0.1) is 0 Å². The first-order chi connectivity index (χ1) is 11.7. The van der Waals surface area contributed by atoms with Crippen LogP contribution in [0.5, 0.6) is 0 Å². The Morgan fingerprint density at radius 1 is 0.708 bits per heavy atom. The second-order valence-electron chi connectivity index (χ2n) is 9.94. The van der Waals surface area contributed by atoms with Crippen LogP contribution in [0.3, 0.4) is 0 Å². The van der Waals surface area contributed by atoms with Crippen molar-refractivity contribution < 1.29 is 4.79 Å². The predicted molar refractivity (Wildman–Crippen MR) is 99.7 cm³/mol. The fourth-order valence-electron chi connectivity index (χ4n) is 7.28. The van der Waals surface area contributed by atoms with Gasteiger partial charge >= 0.3 is 0 Å². The molecule has 4 fully saturated rings. The van der Waals surface area contributed by atoms with E-state index in [1.54, 1.807) is 25.7 Å². The van der Waals surface area contributed by atoms with E-state index in [0.29, 0.717) is 5.78 Å². The molecule has 24 heavy (non-hydrogen) atoms. The minimum Gasteiger partial charge on any atom is -0.300 e. The number of hydrogen-bond donors (Lipinski definition) is 0. The second kappa shape index (κ2) is 7.50. The summed E-state index contributed by atoms with van der Waals surface area (Å²) in [4.78, 5) is 11.7. The first kappa shape index (κ1) is 17.1. The molecule has 4 saturated carbocycles. The van der Waals surface area contributed by atoms with Gasteiger partial charge in [0.05, 0.1) is 0 Å². The molecule has 0 aromatic heterocycles. The molecule has 0 aromatic rings. The summed E-state index contributed by atoms with van der Waals surface area (Å²) >= 11 is 0. The first-order valence-corrected chi connectivity index (χ1v) is 11.2. The van der Waals surface area contributed by atoms with Crippen molar-refractivity contribution in [2.45, 2.75) is 96.8 Å². The third-order valence-corrected chi connectivity index (χ3v) is 8.59. The molecule has 0 amide bonds. The molecule has 136 valence electrons. The lowest BCUT2D eigenvalue weighted by Crippen LogP contribution is -2.37. The number of Topliss-reactive ketones (excluding diaryl/α,β-unsaturated/α-hetero) is 1. The molecule has 1 heteroatoms. The summed E-state index contributed by atoms with van der Waals surface area (Å²) < 4.78 is 0. The maximum atomic E-state index is 11.7. The number of carbonyl (C=O) groups is 1. The third kappa shape index (κ3) is 3.61. The first-order valence-electron chi connectivity index (χ1n) is 11.2. The normalized spacial score (nSPS) is 46.2. The van der Waals surface area contributed by atoms with E-state index in [2.05, 4.69) is 6.92 Å². The van der Waals surface area contributed by atoms with E-state index in [1.165, 1.54) is 51.4 Å². The SMILES string of the molecule is CCCC1CCC2CC(C3CCC4CC(=O)CCC4C3)CCC2C1. The van der Waals surface area contributed by atoms with Crippen molar-refractivity contribution in [3.63, 3.8) is 0 Å². The molecule has 0 radical (unpaired) electrons. The molecule has 7 atom stereocenters. The van der Waals surface area contributed by atoms with Crippen LogP contribution < -0.4 is 0 Å². The lowest BCUT2D eigenvalue weighted by Gasteiger charge is -2.47. The van der Waals surface area contributed by atoms with Crippen molar-refractivity contribution in [2.24, 2.45) is 41.4 Å².